The maximum atomic E-state index is 11.8. The molecule has 0 saturated carbocycles. The molecule has 1 rings (SSSR count). The second-order valence-electron chi connectivity index (χ2n) is 4.56. The van der Waals surface area contributed by atoms with Gasteiger partial charge in [0.2, 0.25) is 15.9 Å². The van der Waals surface area contributed by atoms with Crippen LogP contribution in [0.4, 0.5) is 0 Å². The first-order chi connectivity index (χ1) is 9.77. The second-order valence-corrected chi connectivity index (χ2v) is 6.09. The summed E-state index contributed by atoms with van der Waals surface area (Å²) in [6.07, 6.45) is -0.0482. The van der Waals surface area contributed by atoms with Gasteiger partial charge >= 0.3 is 0 Å². The summed E-state index contributed by atoms with van der Waals surface area (Å²) >= 11 is 0. The van der Waals surface area contributed by atoms with Gasteiger partial charge in [-0.3, -0.25) is 4.79 Å². The van der Waals surface area contributed by atoms with Gasteiger partial charge in [0.25, 0.3) is 0 Å². The summed E-state index contributed by atoms with van der Waals surface area (Å²) in [6.45, 7) is 2.21. The largest absolute Gasteiger partial charge is 0.495 e. The predicted octanol–water partition coefficient (Wildman–Crippen LogP) is 0.0362. The first kappa shape index (κ1) is 17.4. The molecule has 1 atom stereocenters. The Hall–Kier alpha value is -1.64. The van der Waals surface area contributed by atoms with Gasteiger partial charge in [0, 0.05) is 13.7 Å². The van der Waals surface area contributed by atoms with Crippen molar-refractivity contribution < 1.29 is 22.7 Å². The van der Waals surface area contributed by atoms with Crippen LogP contribution < -0.4 is 15.2 Å². The van der Waals surface area contributed by atoms with Crippen molar-refractivity contribution in [3.05, 3.63) is 23.8 Å². The van der Waals surface area contributed by atoms with Crippen LogP contribution in [0.1, 0.15) is 12.5 Å². The summed E-state index contributed by atoms with van der Waals surface area (Å²) in [5, 5.41) is 7.82. The lowest BCUT2D eigenvalue weighted by molar-refractivity contribution is -0.120. The maximum absolute atomic E-state index is 11.8. The van der Waals surface area contributed by atoms with Gasteiger partial charge in [0.15, 0.2) is 0 Å². The van der Waals surface area contributed by atoms with E-state index >= 15 is 0 Å². The van der Waals surface area contributed by atoms with Crippen molar-refractivity contribution in [3.63, 3.8) is 0 Å². The Kier molecular flexibility index (Phi) is 6.13. The number of hydrogen-bond acceptors (Lipinski definition) is 5. The third-order valence-electron chi connectivity index (χ3n) is 2.89. The van der Waals surface area contributed by atoms with E-state index in [9.17, 15) is 13.2 Å². The van der Waals surface area contributed by atoms with Crippen molar-refractivity contribution in [1.82, 2.24) is 5.32 Å². The molecule has 8 heteroatoms. The molecule has 0 aromatic heterocycles. The van der Waals surface area contributed by atoms with Gasteiger partial charge < -0.3 is 14.8 Å². The summed E-state index contributed by atoms with van der Waals surface area (Å²) in [5.41, 5.74) is 0.530. The van der Waals surface area contributed by atoms with E-state index in [4.69, 9.17) is 14.6 Å². The molecule has 0 fully saturated rings. The number of rotatable bonds is 7. The first-order valence-corrected chi connectivity index (χ1v) is 7.81. The molecular weight excluding hydrogens is 296 g/mol. The predicted molar refractivity (Wildman–Crippen MR) is 77.6 cm³/mol. The van der Waals surface area contributed by atoms with E-state index in [2.05, 4.69) is 5.32 Å². The number of carbonyl (C=O) groups is 1. The second kappa shape index (κ2) is 7.39. The SMILES string of the molecule is COc1ccc(CC(=O)NCC(C)OC)cc1S(N)(=O)=O. The molecule has 1 amide bonds. The highest BCUT2D eigenvalue weighted by Crippen LogP contribution is 2.23. The molecule has 1 aromatic rings. The summed E-state index contributed by atoms with van der Waals surface area (Å²) in [6, 6.07) is 4.43. The molecule has 3 N–H and O–H groups in total. The minimum atomic E-state index is -3.91. The molecule has 0 heterocycles. The van der Waals surface area contributed by atoms with Gasteiger partial charge in [-0.05, 0) is 24.6 Å². The standard InChI is InChI=1S/C13H20N2O5S/c1-9(19-2)8-15-13(16)7-10-4-5-11(20-3)12(6-10)21(14,17)18/h4-6,9H,7-8H2,1-3H3,(H,15,16)(H2,14,17,18). The highest BCUT2D eigenvalue weighted by molar-refractivity contribution is 7.89. The fourth-order valence-corrected chi connectivity index (χ4v) is 2.39. The van der Waals surface area contributed by atoms with Crippen LogP contribution in [-0.2, 0) is 26.0 Å². The van der Waals surface area contributed by atoms with Crippen LogP contribution in [-0.4, -0.2) is 41.2 Å². The summed E-state index contributed by atoms with van der Waals surface area (Å²) in [5.74, 6) is -0.0842. The van der Waals surface area contributed by atoms with Crippen LogP contribution in [0.5, 0.6) is 5.75 Å². The number of nitrogens with one attached hydrogen (secondary N) is 1. The molecular formula is C13H20N2O5S. The van der Waals surface area contributed by atoms with Crippen molar-refractivity contribution in [1.29, 1.82) is 0 Å². The lowest BCUT2D eigenvalue weighted by Gasteiger charge is -2.12. The van der Waals surface area contributed by atoms with E-state index in [1.54, 1.807) is 13.2 Å². The molecule has 7 nitrogen and oxygen atoms in total. The smallest absolute Gasteiger partial charge is 0.241 e. The molecule has 0 radical (unpaired) electrons. The minimum Gasteiger partial charge on any atom is -0.495 e. The van der Waals surface area contributed by atoms with Gasteiger partial charge in [-0.15, -0.1) is 0 Å². The van der Waals surface area contributed by atoms with E-state index in [1.807, 2.05) is 6.92 Å². The number of carbonyl (C=O) groups excluding carboxylic acids is 1. The zero-order chi connectivity index (χ0) is 16.0. The number of amides is 1. The highest BCUT2D eigenvalue weighted by atomic mass is 32.2. The maximum Gasteiger partial charge on any atom is 0.241 e. The van der Waals surface area contributed by atoms with E-state index in [0.717, 1.165) is 0 Å². The average molecular weight is 316 g/mol. The lowest BCUT2D eigenvalue weighted by Crippen LogP contribution is -2.32. The zero-order valence-electron chi connectivity index (χ0n) is 12.3. The third kappa shape index (κ3) is 5.33. The number of ether oxygens (including phenoxy) is 2. The summed E-state index contributed by atoms with van der Waals surface area (Å²) in [7, 11) is -1.01. The number of hydrogen-bond donors (Lipinski definition) is 2. The summed E-state index contributed by atoms with van der Waals surface area (Å²) < 4.78 is 32.9. The molecule has 0 bridgehead atoms. The number of sulfonamides is 1. The van der Waals surface area contributed by atoms with Gasteiger partial charge in [-0.25, -0.2) is 13.6 Å². The van der Waals surface area contributed by atoms with Crippen molar-refractivity contribution in [2.24, 2.45) is 5.14 Å². The molecule has 118 valence electrons. The molecule has 0 spiro atoms. The Morgan fingerprint density at radius 1 is 1.38 bits per heavy atom. The summed E-state index contributed by atoms with van der Waals surface area (Å²) in [4.78, 5) is 11.6. The van der Waals surface area contributed by atoms with E-state index in [0.29, 0.717) is 12.1 Å². The van der Waals surface area contributed by atoms with E-state index in [1.165, 1.54) is 19.2 Å². The van der Waals surface area contributed by atoms with Crippen molar-refractivity contribution in [2.75, 3.05) is 20.8 Å². The van der Waals surface area contributed by atoms with Crippen molar-refractivity contribution >= 4 is 15.9 Å². The highest BCUT2D eigenvalue weighted by Gasteiger charge is 2.16. The Labute approximate surface area is 124 Å². The van der Waals surface area contributed by atoms with Gasteiger partial charge in [-0.2, -0.15) is 0 Å². The van der Waals surface area contributed by atoms with Gasteiger partial charge in [-0.1, -0.05) is 6.07 Å². The molecule has 0 aliphatic heterocycles. The molecule has 0 saturated heterocycles. The molecule has 21 heavy (non-hydrogen) atoms. The fourth-order valence-electron chi connectivity index (χ4n) is 1.64. The number of benzene rings is 1. The fraction of sp³-hybridized carbons (Fsp3) is 0.462. The van der Waals surface area contributed by atoms with Crippen LogP contribution in [0, 0.1) is 0 Å². The Bertz CT molecular complexity index is 601. The minimum absolute atomic E-state index is 0.0446. The number of primary sulfonamides is 1. The topological polar surface area (TPSA) is 108 Å². The van der Waals surface area contributed by atoms with Crippen LogP contribution in [0.15, 0.2) is 23.1 Å². The van der Waals surface area contributed by atoms with Crippen LogP contribution in [0.3, 0.4) is 0 Å². The Balaban J connectivity index is 2.83. The van der Waals surface area contributed by atoms with Gasteiger partial charge in [0.05, 0.1) is 19.6 Å². The van der Waals surface area contributed by atoms with E-state index in [-0.39, 0.29) is 29.1 Å². The molecule has 0 aliphatic carbocycles. The van der Waals surface area contributed by atoms with Crippen molar-refractivity contribution in [3.8, 4) is 5.75 Å². The normalized spacial score (nSPS) is 12.8. The van der Waals surface area contributed by atoms with Crippen LogP contribution in [0.25, 0.3) is 0 Å². The first-order valence-electron chi connectivity index (χ1n) is 6.27. The van der Waals surface area contributed by atoms with E-state index < -0.39 is 10.0 Å². The monoisotopic (exact) mass is 316 g/mol. The quantitative estimate of drug-likeness (QED) is 0.738. The Morgan fingerprint density at radius 2 is 2.05 bits per heavy atom. The molecule has 0 aliphatic rings. The van der Waals surface area contributed by atoms with Crippen LogP contribution in [0.2, 0.25) is 0 Å². The van der Waals surface area contributed by atoms with Crippen LogP contribution >= 0.6 is 0 Å². The zero-order valence-corrected chi connectivity index (χ0v) is 13.1. The number of methoxy groups -OCH3 is 2. The average Bonchev–Trinajstić information content (AvgIpc) is 2.43. The molecule has 1 aromatic carbocycles. The third-order valence-corrected chi connectivity index (χ3v) is 3.82. The lowest BCUT2D eigenvalue weighted by atomic mass is 10.1. The van der Waals surface area contributed by atoms with Gasteiger partial charge in [0.1, 0.15) is 10.6 Å². The van der Waals surface area contributed by atoms with Crippen molar-refractivity contribution in [2.45, 2.75) is 24.3 Å². The molecule has 1 unspecified atom stereocenters. The Morgan fingerprint density at radius 3 is 2.57 bits per heavy atom. The number of nitrogens with two attached hydrogens (primary N) is 1.